The van der Waals surface area contributed by atoms with E-state index in [2.05, 4.69) is 20.8 Å². The van der Waals surface area contributed by atoms with Crippen molar-refractivity contribution < 1.29 is 22.8 Å². The highest BCUT2D eigenvalue weighted by atomic mass is 19.4. The van der Waals surface area contributed by atoms with E-state index in [4.69, 9.17) is 4.98 Å². The average molecular weight is 584 g/mol. The Labute approximate surface area is 241 Å². The first kappa shape index (κ1) is 27.4. The van der Waals surface area contributed by atoms with E-state index in [9.17, 15) is 22.8 Å². The Morgan fingerprint density at radius 3 is 2.57 bits per heavy atom. The van der Waals surface area contributed by atoms with E-state index in [1.165, 1.54) is 25.7 Å². The second-order valence-corrected chi connectivity index (χ2v) is 12.8. The molecule has 42 heavy (non-hydrogen) atoms. The van der Waals surface area contributed by atoms with E-state index in [0.717, 1.165) is 24.7 Å². The highest BCUT2D eigenvalue weighted by molar-refractivity contribution is 5.92. The minimum absolute atomic E-state index is 0.108. The zero-order chi connectivity index (χ0) is 29.2. The molecule has 4 aliphatic rings. The third kappa shape index (κ3) is 4.96. The number of aromatic nitrogens is 5. The van der Waals surface area contributed by atoms with E-state index in [0.29, 0.717) is 34.7 Å². The van der Waals surface area contributed by atoms with Gasteiger partial charge in [0, 0.05) is 31.6 Å². The molecule has 0 aromatic carbocycles. The Morgan fingerprint density at radius 2 is 1.90 bits per heavy atom. The summed E-state index contributed by atoms with van der Waals surface area (Å²) < 4.78 is 43.2. The number of nitrogens with zero attached hydrogens (tertiary/aromatic N) is 5. The molecule has 0 spiro atoms. The zero-order valence-corrected chi connectivity index (χ0v) is 23.6. The van der Waals surface area contributed by atoms with Gasteiger partial charge in [-0.1, -0.05) is 0 Å². The Balaban J connectivity index is 1.14. The number of piperidine rings is 1. The summed E-state index contributed by atoms with van der Waals surface area (Å²) in [6.07, 6.45) is 6.31. The van der Waals surface area contributed by atoms with Gasteiger partial charge < -0.3 is 10.6 Å². The third-order valence-corrected chi connectivity index (χ3v) is 10.2. The lowest BCUT2D eigenvalue weighted by Crippen LogP contribution is -2.48. The summed E-state index contributed by atoms with van der Waals surface area (Å²) in [5.41, 5.74) is 2.73. The summed E-state index contributed by atoms with van der Waals surface area (Å²) >= 11 is 0. The number of imidazole rings is 1. The van der Waals surface area contributed by atoms with E-state index in [-0.39, 0.29) is 43.2 Å². The van der Waals surface area contributed by atoms with Crippen molar-refractivity contribution in [3.05, 3.63) is 47.7 Å². The Bertz CT molecular complexity index is 1490. The summed E-state index contributed by atoms with van der Waals surface area (Å²) in [5, 5.41) is 14.6. The highest BCUT2D eigenvalue weighted by Crippen LogP contribution is 2.70. The maximum absolute atomic E-state index is 13.4. The molecule has 4 fully saturated rings. The molecule has 224 valence electrons. The van der Waals surface area contributed by atoms with Crippen LogP contribution in [0, 0.1) is 35.0 Å². The second-order valence-electron chi connectivity index (χ2n) is 12.8. The molecule has 0 radical (unpaired) electrons. The standard InChI is InChI=1S/C30H36F3N7O2/c1-2-39-24(9-10-35-39)28(42)37-26(18-13-29(14-18,19-3-4-19)20-5-6-20)23-16-40-25(36-23)8-7-22(38-40)12-17-11-21(30(31,32)33)15-34-27(17)41/h7-10,16-21,26H,2-6,11-15H2,1H3,(H,34,41)(H,37,42)/t17?,21-,26+/m1/s1. The average Bonchev–Trinajstić information content (AvgIpc) is 3.86. The van der Waals surface area contributed by atoms with E-state index >= 15 is 0 Å². The topological polar surface area (TPSA) is 106 Å². The van der Waals surface area contributed by atoms with Crippen LogP contribution < -0.4 is 10.6 Å². The molecular weight excluding hydrogens is 547 g/mol. The van der Waals surface area contributed by atoms with Crippen molar-refractivity contribution in [2.75, 3.05) is 6.54 Å². The van der Waals surface area contributed by atoms with Gasteiger partial charge in [0.15, 0.2) is 5.65 Å². The van der Waals surface area contributed by atoms with Crippen LogP contribution in [-0.4, -0.2) is 48.9 Å². The van der Waals surface area contributed by atoms with Gasteiger partial charge in [-0.2, -0.15) is 23.4 Å². The predicted octanol–water partition coefficient (Wildman–Crippen LogP) is 4.49. The molecule has 2 N–H and O–H groups in total. The molecule has 0 bridgehead atoms. The van der Waals surface area contributed by atoms with Crippen LogP contribution in [0.15, 0.2) is 30.6 Å². The van der Waals surface area contributed by atoms with Crippen LogP contribution in [0.1, 0.15) is 79.8 Å². The van der Waals surface area contributed by atoms with Crippen LogP contribution in [0.4, 0.5) is 13.2 Å². The zero-order valence-electron chi connectivity index (χ0n) is 23.6. The highest BCUT2D eigenvalue weighted by Gasteiger charge is 2.61. The number of hydrogen-bond donors (Lipinski definition) is 2. The molecule has 4 heterocycles. The van der Waals surface area contributed by atoms with Crippen molar-refractivity contribution >= 4 is 17.5 Å². The number of fused-ring (bicyclic) bond motifs is 1. The fourth-order valence-electron chi connectivity index (χ4n) is 7.67. The quantitative estimate of drug-likeness (QED) is 0.386. The molecule has 9 nitrogen and oxygen atoms in total. The van der Waals surface area contributed by atoms with Crippen molar-refractivity contribution in [2.45, 2.75) is 77.1 Å². The van der Waals surface area contributed by atoms with Gasteiger partial charge in [-0.15, -0.1) is 0 Å². The molecule has 3 aromatic heterocycles. The summed E-state index contributed by atoms with van der Waals surface area (Å²) in [5.74, 6) is -1.07. The van der Waals surface area contributed by atoms with Crippen LogP contribution in [0.5, 0.6) is 0 Å². The van der Waals surface area contributed by atoms with E-state index in [1.54, 1.807) is 33.6 Å². The maximum atomic E-state index is 13.4. The molecule has 7 rings (SSSR count). The van der Waals surface area contributed by atoms with Crippen molar-refractivity contribution in [1.29, 1.82) is 0 Å². The largest absolute Gasteiger partial charge is 0.393 e. The molecule has 1 unspecified atom stereocenters. The summed E-state index contributed by atoms with van der Waals surface area (Å²) in [6, 6.07) is 4.92. The number of carbonyl (C=O) groups is 2. The number of alkyl halides is 3. The first-order valence-electron chi connectivity index (χ1n) is 15.2. The van der Waals surface area contributed by atoms with E-state index < -0.39 is 18.0 Å². The van der Waals surface area contributed by atoms with Crippen LogP contribution in [0.3, 0.4) is 0 Å². The molecule has 2 amide bonds. The number of carbonyl (C=O) groups excluding carboxylic acids is 2. The fraction of sp³-hybridized carbons (Fsp3) is 0.633. The van der Waals surface area contributed by atoms with Gasteiger partial charge in [0.25, 0.3) is 5.91 Å². The molecule has 12 heteroatoms. The molecule has 1 aliphatic heterocycles. The minimum Gasteiger partial charge on any atom is -0.355 e. The number of nitrogens with one attached hydrogen (secondary N) is 2. The lowest BCUT2D eigenvalue weighted by Gasteiger charge is -2.52. The monoisotopic (exact) mass is 583 g/mol. The van der Waals surface area contributed by atoms with Crippen LogP contribution in [-0.2, 0) is 17.8 Å². The van der Waals surface area contributed by atoms with Crippen LogP contribution in [0.2, 0.25) is 0 Å². The Morgan fingerprint density at radius 1 is 1.17 bits per heavy atom. The van der Waals surface area contributed by atoms with Gasteiger partial charge in [-0.25, -0.2) is 9.50 Å². The fourth-order valence-corrected chi connectivity index (χ4v) is 7.67. The van der Waals surface area contributed by atoms with Gasteiger partial charge >= 0.3 is 6.18 Å². The van der Waals surface area contributed by atoms with Gasteiger partial charge in [0.1, 0.15) is 5.69 Å². The molecule has 1 saturated heterocycles. The third-order valence-electron chi connectivity index (χ3n) is 10.2. The molecule has 3 aliphatic carbocycles. The molecule has 3 saturated carbocycles. The predicted molar refractivity (Wildman–Crippen MR) is 146 cm³/mol. The van der Waals surface area contributed by atoms with E-state index in [1.807, 2.05) is 13.1 Å². The SMILES string of the molecule is CCn1nccc1C(=O)N[C@H](c1cn2nc(CC3C[C@@H](C(F)(F)F)CNC3=O)ccc2n1)C1CC(C2CC2)(C2CC2)C1. The maximum Gasteiger partial charge on any atom is 0.393 e. The van der Waals surface area contributed by atoms with Crippen molar-refractivity contribution in [1.82, 2.24) is 35.0 Å². The second kappa shape index (κ2) is 10.1. The van der Waals surface area contributed by atoms with Crippen molar-refractivity contribution in [2.24, 2.45) is 35.0 Å². The van der Waals surface area contributed by atoms with Crippen LogP contribution in [0.25, 0.3) is 5.65 Å². The van der Waals surface area contributed by atoms with Crippen molar-refractivity contribution in [3.8, 4) is 0 Å². The number of amides is 2. The molecule has 3 atom stereocenters. The summed E-state index contributed by atoms with van der Waals surface area (Å²) in [7, 11) is 0. The number of halogens is 3. The normalized spacial score (nSPS) is 25.2. The summed E-state index contributed by atoms with van der Waals surface area (Å²) in [4.78, 5) is 30.7. The Kier molecular flexibility index (Phi) is 6.58. The lowest BCUT2D eigenvalue weighted by atomic mass is 9.54. The number of hydrogen-bond acceptors (Lipinski definition) is 5. The number of aryl methyl sites for hydroxylation is 1. The minimum atomic E-state index is -4.35. The Hall–Kier alpha value is -3.44. The first-order valence-corrected chi connectivity index (χ1v) is 15.2. The lowest BCUT2D eigenvalue weighted by molar-refractivity contribution is -0.183. The van der Waals surface area contributed by atoms with Crippen LogP contribution >= 0.6 is 0 Å². The molecular formula is C30H36F3N7O2. The van der Waals surface area contributed by atoms with Gasteiger partial charge in [0.05, 0.1) is 29.5 Å². The number of rotatable bonds is 9. The first-order chi connectivity index (χ1) is 20.1. The van der Waals surface area contributed by atoms with Gasteiger partial charge in [-0.3, -0.25) is 14.3 Å². The summed E-state index contributed by atoms with van der Waals surface area (Å²) in [6.45, 7) is 2.14. The van der Waals surface area contributed by atoms with Gasteiger partial charge in [-0.05, 0) is 93.2 Å². The van der Waals surface area contributed by atoms with Crippen molar-refractivity contribution in [3.63, 3.8) is 0 Å². The smallest absolute Gasteiger partial charge is 0.355 e. The van der Waals surface area contributed by atoms with Gasteiger partial charge in [0.2, 0.25) is 5.91 Å². The molecule has 3 aromatic rings.